The summed E-state index contributed by atoms with van der Waals surface area (Å²) in [7, 11) is 0. The fourth-order valence-corrected chi connectivity index (χ4v) is 2.44. The minimum Gasteiger partial charge on any atom is -0.394 e. The van der Waals surface area contributed by atoms with Crippen molar-refractivity contribution >= 4 is 27.6 Å². The normalized spacial score (nSPS) is 11.8. The van der Waals surface area contributed by atoms with E-state index in [0.29, 0.717) is 5.56 Å². The van der Waals surface area contributed by atoms with Crippen LogP contribution in [0.4, 0.5) is 0 Å². The highest BCUT2D eigenvalue weighted by Gasteiger charge is 2.19. The Kier molecular flexibility index (Phi) is 5.46. The molecule has 2 aromatic rings. The number of carbonyl (C=O) groups is 2. The van der Waals surface area contributed by atoms with E-state index in [4.69, 9.17) is 0 Å². The van der Waals surface area contributed by atoms with Gasteiger partial charge in [-0.1, -0.05) is 46.3 Å². The third kappa shape index (κ3) is 3.81. The van der Waals surface area contributed by atoms with E-state index in [0.717, 1.165) is 15.6 Å². The number of aliphatic hydroxyl groups excluding tert-OH is 1. The number of rotatable bonds is 5. The van der Waals surface area contributed by atoms with Gasteiger partial charge in [-0.25, -0.2) is 0 Å². The number of hydrogen-bond donors (Lipinski definition) is 2. The van der Waals surface area contributed by atoms with Gasteiger partial charge in [-0.2, -0.15) is 0 Å². The Morgan fingerprint density at radius 1 is 1.18 bits per heavy atom. The zero-order valence-electron chi connectivity index (χ0n) is 12.0. The van der Waals surface area contributed by atoms with E-state index in [1.807, 2.05) is 36.4 Å². The first-order chi connectivity index (χ1) is 10.5. The Bertz CT molecular complexity index is 686. The second-order valence-corrected chi connectivity index (χ2v) is 5.79. The van der Waals surface area contributed by atoms with Crippen molar-refractivity contribution in [1.29, 1.82) is 0 Å². The second-order valence-electron chi connectivity index (χ2n) is 4.88. The highest BCUT2D eigenvalue weighted by molar-refractivity contribution is 9.10. The average molecular weight is 362 g/mol. The summed E-state index contributed by atoms with van der Waals surface area (Å²) in [6, 6.07) is 13.9. The fraction of sp³-hybridized carbons (Fsp3) is 0.176. The lowest BCUT2D eigenvalue weighted by molar-refractivity contribution is -0.119. The lowest BCUT2D eigenvalue weighted by Gasteiger charge is -2.15. The zero-order chi connectivity index (χ0) is 16.1. The summed E-state index contributed by atoms with van der Waals surface area (Å²) in [5, 5.41) is 11.7. The molecule has 4 nitrogen and oxygen atoms in total. The summed E-state index contributed by atoms with van der Waals surface area (Å²) in [5.74, 6) is -0.671. The summed E-state index contributed by atoms with van der Waals surface area (Å²) in [4.78, 5) is 23.8. The quantitative estimate of drug-likeness (QED) is 0.860. The molecule has 0 fully saturated rings. The number of carbonyl (C=O) groups excluding carboxylic acids is 2. The molecule has 1 amide bonds. The Balaban J connectivity index is 2.39. The molecule has 0 aliphatic heterocycles. The van der Waals surface area contributed by atoms with E-state index in [1.54, 1.807) is 12.1 Å². The van der Waals surface area contributed by atoms with Gasteiger partial charge in [0, 0.05) is 10.0 Å². The molecule has 22 heavy (non-hydrogen) atoms. The summed E-state index contributed by atoms with van der Waals surface area (Å²) >= 11 is 3.40. The van der Waals surface area contributed by atoms with Gasteiger partial charge in [0.25, 0.3) is 5.91 Å². The molecule has 2 aromatic carbocycles. The maximum Gasteiger partial charge on any atom is 0.252 e. The number of halogens is 1. The van der Waals surface area contributed by atoms with E-state index < -0.39 is 12.6 Å². The Labute approximate surface area is 137 Å². The lowest BCUT2D eigenvalue weighted by Crippen LogP contribution is -2.42. The van der Waals surface area contributed by atoms with Gasteiger partial charge in [-0.05, 0) is 36.2 Å². The minimum absolute atomic E-state index is 0.283. The second kappa shape index (κ2) is 7.33. The minimum atomic E-state index is -0.889. The van der Waals surface area contributed by atoms with Crippen LogP contribution in [0.2, 0.25) is 0 Å². The van der Waals surface area contributed by atoms with Crippen LogP contribution in [0, 0.1) is 0 Å². The molecule has 114 valence electrons. The van der Waals surface area contributed by atoms with Crippen molar-refractivity contribution in [2.24, 2.45) is 0 Å². The van der Waals surface area contributed by atoms with Crippen molar-refractivity contribution in [2.45, 2.75) is 13.0 Å². The van der Waals surface area contributed by atoms with Crippen LogP contribution in [0.1, 0.15) is 17.3 Å². The first-order valence-electron chi connectivity index (χ1n) is 6.80. The van der Waals surface area contributed by atoms with Gasteiger partial charge in [0.15, 0.2) is 5.78 Å². The molecule has 2 N–H and O–H groups in total. The van der Waals surface area contributed by atoms with E-state index in [1.165, 1.54) is 6.92 Å². The summed E-state index contributed by atoms with van der Waals surface area (Å²) in [6.45, 7) is 0.916. The molecule has 0 aliphatic rings. The summed E-state index contributed by atoms with van der Waals surface area (Å²) in [5.41, 5.74) is 2.11. The van der Waals surface area contributed by atoms with Gasteiger partial charge in [0.05, 0.1) is 6.61 Å². The first-order valence-corrected chi connectivity index (χ1v) is 7.59. The standard InChI is InChI=1S/C17H16BrNO3/c1-11(21)16(10-20)19-17(22)14-8-7-13(18)9-15(14)12-5-3-2-4-6-12/h2-9,16,20H,10H2,1H3,(H,19,22)/t16-/m0/s1. The number of Topliss-reactive ketones (excluding diaryl/α,β-unsaturated/α-hetero) is 1. The maximum absolute atomic E-state index is 12.4. The van der Waals surface area contributed by atoms with Crippen molar-refractivity contribution in [2.75, 3.05) is 6.61 Å². The van der Waals surface area contributed by atoms with Crippen LogP contribution in [0.3, 0.4) is 0 Å². The number of benzene rings is 2. The first kappa shape index (κ1) is 16.4. The predicted molar refractivity (Wildman–Crippen MR) is 88.6 cm³/mol. The van der Waals surface area contributed by atoms with Gasteiger partial charge in [-0.15, -0.1) is 0 Å². The maximum atomic E-state index is 12.4. The SMILES string of the molecule is CC(=O)[C@H](CO)NC(=O)c1ccc(Br)cc1-c1ccccc1. The average Bonchev–Trinajstić information content (AvgIpc) is 2.52. The molecule has 0 spiro atoms. The van der Waals surface area contributed by atoms with Gasteiger partial charge in [-0.3, -0.25) is 9.59 Å². The van der Waals surface area contributed by atoms with Crippen molar-refractivity contribution in [1.82, 2.24) is 5.32 Å². The molecule has 0 bridgehead atoms. The number of aliphatic hydroxyl groups is 1. The Morgan fingerprint density at radius 2 is 1.86 bits per heavy atom. The van der Waals surface area contributed by atoms with Crippen molar-refractivity contribution < 1.29 is 14.7 Å². The highest BCUT2D eigenvalue weighted by atomic mass is 79.9. The molecule has 1 atom stereocenters. The molecule has 0 aliphatic carbocycles. The van der Waals surface area contributed by atoms with Crippen LogP contribution in [-0.4, -0.2) is 29.4 Å². The van der Waals surface area contributed by atoms with Crippen LogP contribution in [0.15, 0.2) is 53.0 Å². The van der Waals surface area contributed by atoms with Crippen molar-refractivity contribution in [3.8, 4) is 11.1 Å². The van der Waals surface area contributed by atoms with Gasteiger partial charge < -0.3 is 10.4 Å². The number of hydrogen-bond acceptors (Lipinski definition) is 3. The van der Waals surface area contributed by atoms with Crippen LogP contribution < -0.4 is 5.32 Å². The summed E-state index contributed by atoms with van der Waals surface area (Å²) in [6.07, 6.45) is 0. The Morgan fingerprint density at radius 3 is 2.45 bits per heavy atom. The number of ketones is 1. The summed E-state index contributed by atoms with van der Waals surface area (Å²) < 4.78 is 0.855. The van der Waals surface area contributed by atoms with Crippen LogP contribution in [0.25, 0.3) is 11.1 Å². The third-order valence-corrected chi connectivity index (χ3v) is 3.78. The molecular weight excluding hydrogens is 346 g/mol. The predicted octanol–water partition coefficient (Wildman–Crippen LogP) is 2.80. The van der Waals surface area contributed by atoms with E-state index in [-0.39, 0.29) is 11.7 Å². The van der Waals surface area contributed by atoms with Gasteiger partial charge >= 0.3 is 0 Å². The van der Waals surface area contributed by atoms with Crippen LogP contribution >= 0.6 is 15.9 Å². The van der Waals surface area contributed by atoms with E-state index in [2.05, 4.69) is 21.2 Å². The molecular formula is C17H16BrNO3. The molecule has 0 unspecified atom stereocenters. The largest absolute Gasteiger partial charge is 0.394 e. The van der Waals surface area contributed by atoms with E-state index >= 15 is 0 Å². The highest BCUT2D eigenvalue weighted by Crippen LogP contribution is 2.27. The third-order valence-electron chi connectivity index (χ3n) is 3.29. The fourth-order valence-electron chi connectivity index (χ4n) is 2.08. The van der Waals surface area contributed by atoms with Crippen molar-refractivity contribution in [3.63, 3.8) is 0 Å². The van der Waals surface area contributed by atoms with Crippen LogP contribution in [0.5, 0.6) is 0 Å². The molecule has 0 saturated carbocycles. The smallest absolute Gasteiger partial charge is 0.252 e. The number of amides is 1. The molecule has 0 saturated heterocycles. The van der Waals surface area contributed by atoms with Gasteiger partial charge in [0.1, 0.15) is 6.04 Å². The molecule has 0 heterocycles. The number of nitrogens with one attached hydrogen (secondary N) is 1. The molecule has 5 heteroatoms. The zero-order valence-corrected chi connectivity index (χ0v) is 13.6. The van der Waals surface area contributed by atoms with Crippen molar-refractivity contribution in [3.05, 3.63) is 58.6 Å². The molecule has 0 aromatic heterocycles. The lowest BCUT2D eigenvalue weighted by atomic mass is 9.99. The van der Waals surface area contributed by atoms with Gasteiger partial charge in [0.2, 0.25) is 0 Å². The molecule has 0 radical (unpaired) electrons. The Hall–Kier alpha value is -1.98. The monoisotopic (exact) mass is 361 g/mol. The van der Waals surface area contributed by atoms with E-state index in [9.17, 15) is 14.7 Å². The topological polar surface area (TPSA) is 66.4 Å². The van der Waals surface area contributed by atoms with Crippen LogP contribution in [-0.2, 0) is 4.79 Å². The molecule has 2 rings (SSSR count).